The van der Waals surface area contributed by atoms with E-state index in [0.717, 1.165) is 25.7 Å². The van der Waals surface area contributed by atoms with Gasteiger partial charge in [-0.15, -0.1) is 4.91 Å². The average Bonchev–Trinajstić information content (AvgIpc) is 2.30. The molecule has 1 saturated carbocycles. The Morgan fingerprint density at radius 2 is 2.00 bits per heavy atom. The van der Waals surface area contributed by atoms with Crippen LogP contribution in [0.25, 0.3) is 0 Å². The molecule has 2 rings (SSSR count). The third kappa shape index (κ3) is 1.95. The fraction of sp³-hybridized carbons (Fsp3) is 0.600. The molecule has 3 N–H and O–H groups in total. The van der Waals surface area contributed by atoms with Gasteiger partial charge in [0.25, 0.3) is 5.56 Å². The van der Waals surface area contributed by atoms with E-state index in [4.69, 9.17) is 5.73 Å². The van der Waals surface area contributed by atoms with Crippen molar-refractivity contribution in [3.8, 4) is 0 Å². The normalized spacial score (nSPS) is 17.2. The summed E-state index contributed by atoms with van der Waals surface area (Å²) < 4.78 is 0. The van der Waals surface area contributed by atoms with Crippen LogP contribution in [0.2, 0.25) is 0 Å². The van der Waals surface area contributed by atoms with Crippen molar-refractivity contribution in [2.24, 2.45) is 5.18 Å². The zero-order valence-corrected chi connectivity index (χ0v) is 8.90. The molecule has 6 heteroatoms. The Morgan fingerprint density at radius 3 is 2.56 bits per heavy atom. The van der Waals surface area contributed by atoms with E-state index < -0.39 is 5.56 Å². The predicted molar refractivity (Wildman–Crippen MR) is 60.6 cm³/mol. The van der Waals surface area contributed by atoms with E-state index in [2.05, 4.69) is 15.1 Å². The first-order valence-electron chi connectivity index (χ1n) is 5.45. The topological polar surface area (TPSA) is 101 Å². The Labute approximate surface area is 92.3 Å². The Bertz CT molecular complexity index is 449. The molecule has 1 fully saturated rings. The van der Waals surface area contributed by atoms with Crippen molar-refractivity contribution >= 4 is 11.5 Å². The highest BCUT2D eigenvalue weighted by Crippen LogP contribution is 2.31. The smallest absolute Gasteiger partial charge is 0.282 e. The van der Waals surface area contributed by atoms with Gasteiger partial charge in [-0.3, -0.25) is 4.79 Å². The fourth-order valence-electron chi connectivity index (χ4n) is 2.16. The van der Waals surface area contributed by atoms with Crippen LogP contribution in [-0.2, 0) is 0 Å². The van der Waals surface area contributed by atoms with E-state index in [1.54, 1.807) is 0 Å². The van der Waals surface area contributed by atoms with Crippen molar-refractivity contribution in [1.82, 2.24) is 9.97 Å². The monoisotopic (exact) mass is 222 g/mol. The summed E-state index contributed by atoms with van der Waals surface area (Å²) in [5.41, 5.74) is 4.66. The summed E-state index contributed by atoms with van der Waals surface area (Å²) in [6, 6.07) is 0. The highest BCUT2D eigenvalue weighted by molar-refractivity contribution is 5.55. The molecule has 6 nitrogen and oxygen atoms in total. The van der Waals surface area contributed by atoms with E-state index in [-0.39, 0.29) is 17.4 Å². The van der Waals surface area contributed by atoms with Crippen LogP contribution in [0, 0.1) is 4.91 Å². The van der Waals surface area contributed by atoms with Crippen LogP contribution < -0.4 is 11.3 Å². The lowest BCUT2D eigenvalue weighted by Gasteiger charge is -2.20. The first kappa shape index (κ1) is 10.8. The van der Waals surface area contributed by atoms with Gasteiger partial charge in [-0.25, -0.2) is 4.98 Å². The third-order valence-corrected chi connectivity index (χ3v) is 3.02. The molecule has 0 saturated heterocycles. The number of nitroso groups, excluding NO2 is 1. The maximum Gasteiger partial charge on any atom is 0.282 e. The number of nitrogens with one attached hydrogen (secondary N) is 1. The second-order valence-corrected chi connectivity index (χ2v) is 4.11. The lowest BCUT2D eigenvalue weighted by molar-refractivity contribution is 0.428. The summed E-state index contributed by atoms with van der Waals surface area (Å²) in [6.45, 7) is 0. The molecule has 0 aliphatic heterocycles. The number of hydrogen-bond acceptors (Lipinski definition) is 5. The standard InChI is InChI=1S/C10H14N4O2/c11-8-7(14-16)10(15)13-9(12-8)6-4-2-1-3-5-6/h6H,1-5H2,(H3,11,12,13,15). The first-order valence-corrected chi connectivity index (χ1v) is 5.45. The number of nitrogens with zero attached hydrogens (tertiary/aromatic N) is 2. The predicted octanol–water partition coefficient (Wildman–Crippen LogP) is 1.80. The first-order chi connectivity index (χ1) is 7.72. The molecule has 0 aromatic carbocycles. The van der Waals surface area contributed by atoms with Crippen molar-refractivity contribution in [3.63, 3.8) is 0 Å². The summed E-state index contributed by atoms with van der Waals surface area (Å²) in [6.07, 6.45) is 5.53. The van der Waals surface area contributed by atoms with E-state index >= 15 is 0 Å². The van der Waals surface area contributed by atoms with E-state index in [1.165, 1.54) is 6.42 Å². The summed E-state index contributed by atoms with van der Waals surface area (Å²) in [5.74, 6) is 0.776. The van der Waals surface area contributed by atoms with Gasteiger partial charge in [0, 0.05) is 5.92 Å². The molecule has 1 aliphatic rings. The molecule has 0 unspecified atom stereocenters. The van der Waals surface area contributed by atoms with Crippen LogP contribution in [0.4, 0.5) is 11.5 Å². The minimum absolute atomic E-state index is 0.0701. The summed E-state index contributed by atoms with van der Waals surface area (Å²) in [5, 5.41) is 2.57. The number of aromatic nitrogens is 2. The fourth-order valence-corrected chi connectivity index (χ4v) is 2.16. The highest BCUT2D eigenvalue weighted by atomic mass is 16.3. The highest BCUT2D eigenvalue weighted by Gasteiger charge is 2.19. The van der Waals surface area contributed by atoms with Crippen LogP contribution in [-0.4, -0.2) is 9.97 Å². The van der Waals surface area contributed by atoms with Crippen molar-refractivity contribution in [2.45, 2.75) is 38.0 Å². The summed E-state index contributed by atoms with van der Waals surface area (Å²) in [7, 11) is 0. The van der Waals surface area contributed by atoms with E-state index in [0.29, 0.717) is 5.82 Å². The zero-order chi connectivity index (χ0) is 11.5. The van der Waals surface area contributed by atoms with Crippen LogP contribution in [0.1, 0.15) is 43.8 Å². The molecule has 1 heterocycles. The van der Waals surface area contributed by atoms with Crippen molar-refractivity contribution in [1.29, 1.82) is 0 Å². The number of nitrogen functional groups attached to an aromatic ring is 1. The van der Waals surface area contributed by atoms with Crippen LogP contribution in [0.5, 0.6) is 0 Å². The number of H-pyrrole nitrogens is 1. The van der Waals surface area contributed by atoms with Crippen LogP contribution >= 0.6 is 0 Å². The Kier molecular flexibility index (Phi) is 2.98. The molecule has 0 atom stereocenters. The quantitative estimate of drug-likeness (QED) is 0.745. The summed E-state index contributed by atoms with van der Waals surface area (Å²) in [4.78, 5) is 28.5. The molecule has 0 amide bonds. The third-order valence-electron chi connectivity index (χ3n) is 3.02. The number of hydrogen-bond donors (Lipinski definition) is 2. The van der Waals surface area contributed by atoms with Crippen molar-refractivity contribution in [3.05, 3.63) is 21.1 Å². The lowest BCUT2D eigenvalue weighted by atomic mass is 9.89. The Hall–Kier alpha value is -1.72. The maximum atomic E-state index is 11.5. The molecular formula is C10H14N4O2. The van der Waals surface area contributed by atoms with Gasteiger partial charge < -0.3 is 10.7 Å². The minimum Gasteiger partial charge on any atom is -0.382 e. The van der Waals surface area contributed by atoms with Gasteiger partial charge in [-0.1, -0.05) is 19.3 Å². The van der Waals surface area contributed by atoms with Crippen molar-refractivity contribution < 1.29 is 0 Å². The lowest BCUT2D eigenvalue weighted by Crippen LogP contribution is -2.17. The van der Waals surface area contributed by atoms with E-state index in [1.807, 2.05) is 0 Å². The Balaban J connectivity index is 2.35. The zero-order valence-electron chi connectivity index (χ0n) is 8.90. The van der Waals surface area contributed by atoms with Gasteiger partial charge in [0.1, 0.15) is 5.82 Å². The number of anilines is 1. The molecule has 0 spiro atoms. The van der Waals surface area contributed by atoms with Gasteiger partial charge in [-0.05, 0) is 18.0 Å². The number of rotatable bonds is 2. The molecule has 0 radical (unpaired) electrons. The van der Waals surface area contributed by atoms with E-state index in [9.17, 15) is 9.70 Å². The van der Waals surface area contributed by atoms with Crippen molar-refractivity contribution in [2.75, 3.05) is 5.73 Å². The second-order valence-electron chi connectivity index (χ2n) is 4.11. The van der Waals surface area contributed by atoms with Gasteiger partial charge in [0.2, 0.25) is 5.69 Å². The molecule has 1 aromatic heterocycles. The Morgan fingerprint density at radius 1 is 1.31 bits per heavy atom. The largest absolute Gasteiger partial charge is 0.382 e. The molecule has 86 valence electrons. The van der Waals surface area contributed by atoms with Crippen LogP contribution in [0.15, 0.2) is 9.97 Å². The van der Waals surface area contributed by atoms with Gasteiger partial charge in [0.05, 0.1) is 0 Å². The summed E-state index contributed by atoms with van der Waals surface area (Å²) >= 11 is 0. The van der Waals surface area contributed by atoms with Gasteiger partial charge in [-0.2, -0.15) is 0 Å². The SMILES string of the molecule is Nc1nc(C2CCCCC2)[nH]c(=O)c1N=O. The number of aromatic amines is 1. The molecule has 1 aliphatic carbocycles. The van der Waals surface area contributed by atoms with Crippen LogP contribution in [0.3, 0.4) is 0 Å². The molecular weight excluding hydrogens is 208 g/mol. The average molecular weight is 222 g/mol. The molecule has 0 bridgehead atoms. The maximum absolute atomic E-state index is 11.5. The minimum atomic E-state index is -0.539. The van der Waals surface area contributed by atoms with Gasteiger partial charge >= 0.3 is 0 Å². The molecule has 16 heavy (non-hydrogen) atoms. The van der Waals surface area contributed by atoms with Gasteiger partial charge in [0.15, 0.2) is 5.82 Å². The number of nitrogens with two attached hydrogens (primary N) is 1. The molecule has 1 aromatic rings. The second kappa shape index (κ2) is 4.42.